The SMILES string of the molecule is c1ccc(-c2nc(-c3ccccc3)nc(-c3ccc4c(ccc5nc(-c6ccccn6)sc54)c3)n2)cc1. The van der Waals surface area contributed by atoms with Crippen molar-refractivity contribution in [3.05, 3.63) is 115 Å². The first-order chi connectivity index (χ1) is 18.3. The van der Waals surface area contributed by atoms with Crippen LogP contribution in [-0.4, -0.2) is 24.9 Å². The molecule has 0 aliphatic rings. The van der Waals surface area contributed by atoms with Crippen molar-refractivity contribution in [2.24, 2.45) is 0 Å². The molecule has 6 heteroatoms. The molecule has 174 valence electrons. The molecule has 0 bridgehead atoms. The highest BCUT2D eigenvalue weighted by molar-refractivity contribution is 7.22. The van der Waals surface area contributed by atoms with E-state index in [-0.39, 0.29) is 0 Å². The van der Waals surface area contributed by atoms with E-state index in [4.69, 9.17) is 19.9 Å². The van der Waals surface area contributed by atoms with Crippen LogP contribution in [0, 0.1) is 0 Å². The molecule has 0 unspecified atom stereocenters. The molecule has 7 aromatic rings. The van der Waals surface area contributed by atoms with E-state index in [1.54, 1.807) is 17.5 Å². The van der Waals surface area contributed by atoms with Crippen LogP contribution >= 0.6 is 11.3 Å². The van der Waals surface area contributed by atoms with Crippen molar-refractivity contribution in [2.45, 2.75) is 0 Å². The second kappa shape index (κ2) is 9.00. The zero-order valence-corrected chi connectivity index (χ0v) is 20.4. The van der Waals surface area contributed by atoms with Crippen LogP contribution in [0.3, 0.4) is 0 Å². The molecule has 3 heterocycles. The van der Waals surface area contributed by atoms with E-state index in [0.29, 0.717) is 17.5 Å². The average Bonchev–Trinajstić information content (AvgIpc) is 3.43. The van der Waals surface area contributed by atoms with Crippen LogP contribution in [0.15, 0.2) is 115 Å². The van der Waals surface area contributed by atoms with E-state index < -0.39 is 0 Å². The summed E-state index contributed by atoms with van der Waals surface area (Å²) in [6, 6.07) is 36.5. The van der Waals surface area contributed by atoms with Crippen LogP contribution in [0.5, 0.6) is 0 Å². The summed E-state index contributed by atoms with van der Waals surface area (Å²) in [6.07, 6.45) is 1.80. The molecule has 0 fully saturated rings. The van der Waals surface area contributed by atoms with Gasteiger partial charge >= 0.3 is 0 Å². The molecule has 0 aliphatic carbocycles. The van der Waals surface area contributed by atoms with Gasteiger partial charge in [0.05, 0.1) is 15.9 Å². The third kappa shape index (κ3) is 4.03. The Labute approximate surface area is 217 Å². The summed E-state index contributed by atoms with van der Waals surface area (Å²) in [5, 5.41) is 3.19. The van der Waals surface area contributed by atoms with Crippen molar-refractivity contribution in [3.63, 3.8) is 0 Å². The van der Waals surface area contributed by atoms with Crippen LogP contribution in [0.4, 0.5) is 0 Å². The Morgan fingerprint density at radius 1 is 0.514 bits per heavy atom. The topological polar surface area (TPSA) is 64.5 Å². The summed E-state index contributed by atoms with van der Waals surface area (Å²) < 4.78 is 1.15. The van der Waals surface area contributed by atoms with Crippen LogP contribution in [0.2, 0.25) is 0 Å². The molecule has 0 N–H and O–H groups in total. The quantitative estimate of drug-likeness (QED) is 0.251. The predicted octanol–water partition coefficient (Wildman–Crippen LogP) is 7.70. The van der Waals surface area contributed by atoms with E-state index >= 15 is 0 Å². The van der Waals surface area contributed by atoms with Crippen LogP contribution < -0.4 is 0 Å². The summed E-state index contributed by atoms with van der Waals surface area (Å²) >= 11 is 1.67. The minimum atomic E-state index is 0.646. The molecule has 0 atom stereocenters. The lowest BCUT2D eigenvalue weighted by atomic mass is 10.1. The molecule has 0 aliphatic heterocycles. The summed E-state index contributed by atoms with van der Waals surface area (Å²) in [7, 11) is 0. The maximum absolute atomic E-state index is 4.87. The minimum absolute atomic E-state index is 0.646. The van der Waals surface area contributed by atoms with Crippen molar-refractivity contribution in [1.82, 2.24) is 24.9 Å². The van der Waals surface area contributed by atoms with Gasteiger partial charge < -0.3 is 0 Å². The fourth-order valence-corrected chi connectivity index (χ4v) is 5.47. The average molecular weight is 494 g/mol. The molecule has 0 amide bonds. The van der Waals surface area contributed by atoms with Crippen LogP contribution in [-0.2, 0) is 0 Å². The first kappa shape index (κ1) is 21.5. The van der Waals surface area contributed by atoms with Crippen molar-refractivity contribution in [3.8, 4) is 44.9 Å². The lowest BCUT2D eigenvalue weighted by Gasteiger charge is -2.09. The van der Waals surface area contributed by atoms with Gasteiger partial charge in [-0.1, -0.05) is 84.9 Å². The van der Waals surface area contributed by atoms with Crippen molar-refractivity contribution >= 4 is 32.3 Å². The number of aromatic nitrogens is 5. The zero-order valence-electron chi connectivity index (χ0n) is 19.6. The van der Waals surface area contributed by atoms with Gasteiger partial charge in [0.2, 0.25) is 0 Å². The Morgan fingerprint density at radius 3 is 1.81 bits per heavy atom. The Morgan fingerprint density at radius 2 is 1.16 bits per heavy atom. The fraction of sp³-hybridized carbons (Fsp3) is 0. The lowest BCUT2D eigenvalue weighted by molar-refractivity contribution is 1.07. The first-order valence-corrected chi connectivity index (χ1v) is 12.8. The van der Waals surface area contributed by atoms with E-state index in [9.17, 15) is 0 Å². The summed E-state index contributed by atoms with van der Waals surface area (Å²) in [4.78, 5) is 23.8. The number of pyridine rings is 1. The van der Waals surface area contributed by atoms with Gasteiger partial charge in [0, 0.05) is 28.3 Å². The third-order valence-electron chi connectivity index (χ3n) is 6.21. The molecule has 0 spiro atoms. The number of thiazole rings is 1. The third-order valence-corrected chi connectivity index (χ3v) is 7.34. The van der Waals surface area contributed by atoms with Gasteiger partial charge in [-0.2, -0.15) is 0 Å². The molecule has 3 aromatic heterocycles. The Balaban J connectivity index is 1.37. The predicted molar refractivity (Wildman–Crippen MR) is 150 cm³/mol. The smallest absolute Gasteiger partial charge is 0.164 e. The molecular formula is C31H19N5S. The van der Waals surface area contributed by atoms with Gasteiger partial charge in [0.25, 0.3) is 0 Å². The molecular weight excluding hydrogens is 474 g/mol. The van der Waals surface area contributed by atoms with Gasteiger partial charge in [-0.05, 0) is 29.7 Å². The highest BCUT2D eigenvalue weighted by Gasteiger charge is 2.14. The second-order valence-electron chi connectivity index (χ2n) is 8.62. The van der Waals surface area contributed by atoms with Crippen molar-refractivity contribution in [2.75, 3.05) is 0 Å². The highest BCUT2D eigenvalue weighted by atomic mass is 32.1. The molecule has 0 saturated heterocycles. The minimum Gasteiger partial charge on any atom is -0.254 e. The Hall–Kier alpha value is -4.81. The number of hydrogen-bond donors (Lipinski definition) is 0. The van der Waals surface area contributed by atoms with E-state index in [1.807, 2.05) is 78.9 Å². The normalized spacial score (nSPS) is 11.2. The Bertz CT molecular complexity index is 1810. The number of nitrogens with zero attached hydrogens (tertiary/aromatic N) is 5. The number of rotatable bonds is 4. The second-order valence-corrected chi connectivity index (χ2v) is 9.62. The van der Waals surface area contributed by atoms with E-state index in [1.165, 1.54) is 0 Å². The largest absolute Gasteiger partial charge is 0.254 e. The number of fused-ring (bicyclic) bond motifs is 3. The van der Waals surface area contributed by atoms with Crippen LogP contribution in [0.25, 0.3) is 65.9 Å². The number of hydrogen-bond acceptors (Lipinski definition) is 6. The van der Waals surface area contributed by atoms with Gasteiger partial charge in [-0.15, -0.1) is 11.3 Å². The standard InChI is InChI=1S/C31H19N5S/c1-3-9-20(10-4-1)28-34-29(21-11-5-2-6-12-21)36-30(35-28)23-14-16-24-22(19-23)15-17-25-27(24)37-31(33-25)26-13-7-8-18-32-26/h1-19H. The molecule has 4 aromatic carbocycles. The maximum Gasteiger partial charge on any atom is 0.164 e. The molecule has 5 nitrogen and oxygen atoms in total. The Kier molecular flexibility index (Phi) is 5.22. The molecule has 7 rings (SSSR count). The van der Waals surface area contributed by atoms with Crippen LogP contribution in [0.1, 0.15) is 0 Å². The van der Waals surface area contributed by atoms with Gasteiger partial charge in [0.15, 0.2) is 17.5 Å². The van der Waals surface area contributed by atoms with E-state index in [2.05, 4.69) is 35.3 Å². The monoisotopic (exact) mass is 493 g/mol. The first-order valence-electron chi connectivity index (χ1n) is 11.9. The zero-order chi connectivity index (χ0) is 24.6. The lowest BCUT2D eigenvalue weighted by Crippen LogP contribution is -2.00. The highest BCUT2D eigenvalue weighted by Crippen LogP contribution is 2.36. The van der Waals surface area contributed by atoms with Gasteiger partial charge in [0.1, 0.15) is 5.01 Å². The van der Waals surface area contributed by atoms with Crippen molar-refractivity contribution < 1.29 is 0 Å². The van der Waals surface area contributed by atoms with Gasteiger partial charge in [-0.25, -0.2) is 19.9 Å². The maximum atomic E-state index is 4.87. The summed E-state index contributed by atoms with van der Waals surface area (Å²) in [5.74, 6) is 1.96. The van der Waals surface area contributed by atoms with Gasteiger partial charge in [-0.3, -0.25) is 4.98 Å². The molecule has 0 radical (unpaired) electrons. The summed E-state index contributed by atoms with van der Waals surface area (Å²) in [6.45, 7) is 0. The van der Waals surface area contributed by atoms with Crippen molar-refractivity contribution in [1.29, 1.82) is 0 Å². The number of benzene rings is 4. The molecule has 37 heavy (non-hydrogen) atoms. The summed E-state index contributed by atoms with van der Waals surface area (Å²) in [5.41, 5.74) is 4.72. The van der Waals surface area contributed by atoms with E-state index in [0.717, 1.165) is 48.4 Å². The fourth-order valence-electron chi connectivity index (χ4n) is 4.39. The molecule has 0 saturated carbocycles.